The number of nitrogens with two attached hydrogens (primary N) is 1. The summed E-state index contributed by atoms with van der Waals surface area (Å²) in [6, 6.07) is 5.97. The van der Waals surface area contributed by atoms with Crippen molar-refractivity contribution >= 4 is 27.0 Å². The third kappa shape index (κ3) is 2.79. The van der Waals surface area contributed by atoms with Crippen molar-refractivity contribution in [1.29, 1.82) is 0 Å². The molecular weight excluding hydrogens is 386 g/mol. The van der Waals surface area contributed by atoms with Gasteiger partial charge in [0.15, 0.2) is 6.73 Å². The molecule has 9 nitrogen and oxygen atoms in total. The first-order valence-corrected chi connectivity index (χ1v) is 10.4. The number of fused-ring (bicyclic) bond motifs is 1. The minimum Gasteiger partial charge on any atom is -0.438 e. The zero-order chi connectivity index (χ0) is 20.1. The first-order valence-electron chi connectivity index (χ1n) is 8.92. The largest absolute Gasteiger partial charge is 0.509 e. The van der Waals surface area contributed by atoms with Crippen molar-refractivity contribution in [3.05, 3.63) is 40.8 Å². The lowest BCUT2D eigenvalue weighted by Crippen LogP contribution is -2.44. The minimum atomic E-state index is -3.80. The second-order valence-corrected chi connectivity index (χ2v) is 8.94. The number of hydrogen-bond acceptors (Lipinski definition) is 7. The van der Waals surface area contributed by atoms with Crippen LogP contribution in [0, 0.1) is 0 Å². The van der Waals surface area contributed by atoms with E-state index in [0.29, 0.717) is 18.4 Å². The van der Waals surface area contributed by atoms with Crippen LogP contribution in [0.5, 0.6) is 0 Å². The van der Waals surface area contributed by atoms with Crippen molar-refractivity contribution in [3.8, 4) is 0 Å². The fourth-order valence-corrected chi connectivity index (χ4v) is 6.04. The lowest BCUT2D eigenvalue weighted by molar-refractivity contribution is 0.0477. The Labute approximate surface area is 161 Å². The summed E-state index contributed by atoms with van der Waals surface area (Å²) < 4.78 is 38.6. The van der Waals surface area contributed by atoms with Gasteiger partial charge in [0, 0.05) is 29.6 Å². The number of benzene rings is 1. The number of aromatic nitrogens is 1. The monoisotopic (exact) mass is 407 g/mol. The Morgan fingerprint density at radius 1 is 1.29 bits per heavy atom. The topological polar surface area (TPSA) is 121 Å². The van der Waals surface area contributed by atoms with E-state index in [0.717, 1.165) is 12.8 Å². The lowest BCUT2D eigenvalue weighted by Gasteiger charge is -2.26. The van der Waals surface area contributed by atoms with Crippen LogP contribution < -0.4 is 11.3 Å². The molecule has 1 aromatic carbocycles. The Hall–Kier alpha value is -2.43. The average Bonchev–Trinajstić information content (AvgIpc) is 3.41. The van der Waals surface area contributed by atoms with Gasteiger partial charge in [0.2, 0.25) is 10.0 Å². The second-order valence-electron chi connectivity index (χ2n) is 7.11. The van der Waals surface area contributed by atoms with E-state index in [1.54, 1.807) is 12.1 Å². The Morgan fingerprint density at radius 2 is 2.04 bits per heavy atom. The van der Waals surface area contributed by atoms with Gasteiger partial charge in [-0.15, -0.1) is 0 Å². The molecule has 1 aliphatic carbocycles. The highest BCUT2D eigenvalue weighted by Gasteiger charge is 2.60. The first-order chi connectivity index (χ1) is 13.3. The van der Waals surface area contributed by atoms with E-state index < -0.39 is 27.3 Å². The smallest absolute Gasteiger partial charge is 0.438 e. The van der Waals surface area contributed by atoms with Crippen LogP contribution in [0.3, 0.4) is 0 Å². The third-order valence-electron chi connectivity index (χ3n) is 5.63. The predicted molar refractivity (Wildman–Crippen MR) is 100 cm³/mol. The molecule has 10 heteroatoms. The molecule has 1 saturated heterocycles. The molecule has 4 rings (SSSR count). The number of carbonyl (C=O) groups is 1. The molecule has 1 atom stereocenters. The molecular formula is C18H21N3O6S. The van der Waals surface area contributed by atoms with Gasteiger partial charge in [0.1, 0.15) is 0 Å². The maximum absolute atomic E-state index is 13.4. The van der Waals surface area contributed by atoms with Crippen LogP contribution in [0.15, 0.2) is 40.2 Å². The fraction of sp³-hybridized carbons (Fsp3) is 0.444. The molecule has 2 heterocycles. The van der Waals surface area contributed by atoms with Crippen LogP contribution >= 0.6 is 0 Å². The van der Waals surface area contributed by atoms with Crippen LogP contribution in [0.4, 0.5) is 4.79 Å². The van der Waals surface area contributed by atoms with Crippen LogP contribution in [-0.2, 0) is 26.2 Å². The summed E-state index contributed by atoms with van der Waals surface area (Å²) >= 11 is 0. The number of rotatable bonds is 4. The van der Waals surface area contributed by atoms with E-state index in [2.05, 4.69) is 4.74 Å². The molecule has 2 fully saturated rings. The Kier molecular flexibility index (Phi) is 4.44. The predicted octanol–water partition coefficient (Wildman–Crippen LogP) is 0.996. The Bertz CT molecular complexity index is 1110. The first kappa shape index (κ1) is 18.9. The second kappa shape index (κ2) is 6.57. The van der Waals surface area contributed by atoms with E-state index in [4.69, 9.17) is 10.5 Å². The van der Waals surface area contributed by atoms with E-state index in [1.165, 1.54) is 34.3 Å². The van der Waals surface area contributed by atoms with Crippen molar-refractivity contribution in [2.45, 2.75) is 42.5 Å². The maximum Gasteiger partial charge on any atom is 0.509 e. The molecule has 0 unspecified atom stereocenters. The molecule has 2 aromatic rings. The van der Waals surface area contributed by atoms with Crippen LogP contribution in [-0.4, -0.2) is 48.7 Å². The van der Waals surface area contributed by atoms with Gasteiger partial charge in [0.25, 0.3) is 5.56 Å². The number of nitrogens with zero attached hydrogens (tertiary/aromatic N) is 2. The van der Waals surface area contributed by atoms with Gasteiger partial charge in [-0.3, -0.25) is 9.36 Å². The van der Waals surface area contributed by atoms with Gasteiger partial charge in [-0.1, -0.05) is 6.07 Å². The van der Waals surface area contributed by atoms with Gasteiger partial charge >= 0.3 is 6.16 Å². The molecule has 2 aliphatic rings. The molecule has 1 aliphatic heterocycles. The SMILES string of the molecule is COC(=O)OCn1ccc2c(S(=O)(=O)N3CC[C@H](N)C34CC4)cccc2c1=O. The zero-order valence-electron chi connectivity index (χ0n) is 15.3. The summed E-state index contributed by atoms with van der Waals surface area (Å²) in [4.78, 5) is 23.9. The minimum absolute atomic E-state index is 0.0866. The average molecular weight is 407 g/mol. The number of sulfonamides is 1. The molecule has 0 bridgehead atoms. The van der Waals surface area contributed by atoms with Crippen molar-refractivity contribution in [1.82, 2.24) is 8.87 Å². The van der Waals surface area contributed by atoms with Gasteiger partial charge < -0.3 is 15.2 Å². The van der Waals surface area contributed by atoms with Gasteiger partial charge in [-0.25, -0.2) is 13.2 Å². The van der Waals surface area contributed by atoms with E-state index >= 15 is 0 Å². The normalized spacial score (nSPS) is 21.1. The summed E-state index contributed by atoms with van der Waals surface area (Å²) in [6.45, 7) is 0.0481. The Balaban J connectivity index is 1.76. The summed E-state index contributed by atoms with van der Waals surface area (Å²) in [5.74, 6) is 0. The molecule has 1 aromatic heterocycles. The van der Waals surface area contributed by atoms with Gasteiger partial charge in [-0.2, -0.15) is 4.31 Å². The highest BCUT2D eigenvalue weighted by molar-refractivity contribution is 7.89. The molecule has 28 heavy (non-hydrogen) atoms. The number of pyridine rings is 1. The van der Waals surface area contributed by atoms with Crippen LogP contribution in [0.25, 0.3) is 10.8 Å². The van der Waals surface area contributed by atoms with E-state index in [-0.39, 0.29) is 23.1 Å². The number of ether oxygens (including phenoxy) is 2. The van der Waals surface area contributed by atoms with Gasteiger partial charge in [-0.05, 0) is 37.5 Å². The van der Waals surface area contributed by atoms with Crippen LogP contribution in [0.1, 0.15) is 19.3 Å². The standard InChI is InChI=1S/C18H21N3O6S/c1-26-17(23)27-11-20-9-5-12-13(16(20)22)3-2-4-14(12)28(24,25)21-10-6-15(19)18(21)7-8-18/h2-5,9,15H,6-8,10-11,19H2,1H3/t15-/m0/s1. The third-order valence-corrected chi connectivity index (χ3v) is 7.67. The van der Waals surface area contributed by atoms with Gasteiger partial charge in [0.05, 0.1) is 17.5 Å². The van der Waals surface area contributed by atoms with Crippen molar-refractivity contribution in [3.63, 3.8) is 0 Å². The van der Waals surface area contributed by atoms with Crippen molar-refractivity contribution in [2.75, 3.05) is 13.7 Å². The fourth-order valence-electron chi connectivity index (χ4n) is 3.96. The molecule has 0 amide bonds. The molecule has 1 saturated carbocycles. The van der Waals surface area contributed by atoms with Crippen molar-refractivity contribution in [2.24, 2.45) is 5.73 Å². The van der Waals surface area contributed by atoms with E-state index in [9.17, 15) is 18.0 Å². The summed E-state index contributed by atoms with van der Waals surface area (Å²) in [5.41, 5.74) is 5.21. The quantitative estimate of drug-likeness (QED) is 0.751. The zero-order valence-corrected chi connectivity index (χ0v) is 16.1. The molecule has 150 valence electrons. The molecule has 0 radical (unpaired) electrons. The molecule has 2 N–H and O–H groups in total. The highest BCUT2D eigenvalue weighted by atomic mass is 32.2. The maximum atomic E-state index is 13.4. The van der Waals surface area contributed by atoms with E-state index in [1.807, 2.05) is 0 Å². The number of methoxy groups -OCH3 is 1. The Morgan fingerprint density at radius 3 is 2.71 bits per heavy atom. The lowest BCUT2D eigenvalue weighted by atomic mass is 10.1. The summed E-state index contributed by atoms with van der Waals surface area (Å²) in [6.07, 6.45) is 2.63. The number of hydrogen-bond donors (Lipinski definition) is 1. The molecule has 1 spiro atoms. The summed E-state index contributed by atoms with van der Waals surface area (Å²) in [5, 5.41) is 0.559. The van der Waals surface area contributed by atoms with Crippen molar-refractivity contribution < 1.29 is 22.7 Å². The van der Waals surface area contributed by atoms with Crippen LogP contribution in [0.2, 0.25) is 0 Å². The summed E-state index contributed by atoms with van der Waals surface area (Å²) in [7, 11) is -2.64. The number of carbonyl (C=O) groups excluding carboxylic acids is 1. The highest BCUT2D eigenvalue weighted by Crippen LogP contribution is 2.51.